The smallest absolute Gasteiger partial charge is 0.00589 e. The van der Waals surface area contributed by atoms with Crippen LogP contribution in [0.15, 0.2) is 25.3 Å². The Bertz CT molecular complexity index is 103. The van der Waals surface area contributed by atoms with Gasteiger partial charge >= 0.3 is 0 Å². The van der Waals surface area contributed by atoms with Crippen molar-refractivity contribution in [3.8, 4) is 0 Å². The molecule has 0 aromatic heterocycles. The molecule has 0 saturated carbocycles. The minimum atomic E-state index is 0.522. The third-order valence-corrected chi connectivity index (χ3v) is 1.92. The fourth-order valence-corrected chi connectivity index (χ4v) is 1.09. The molecule has 0 aliphatic heterocycles. The minimum Gasteiger partial charge on any atom is -0.102 e. The molecule has 0 atom stereocenters. The quantitative estimate of drug-likeness (QED) is 0.508. The van der Waals surface area contributed by atoms with E-state index < -0.39 is 0 Å². The average Bonchev–Trinajstić information content (AvgIpc) is 1.98. The molecule has 0 N–H and O–H groups in total. The molecule has 64 valence electrons. The highest BCUT2D eigenvalue weighted by Crippen LogP contribution is 2.13. The molecule has 0 aromatic carbocycles. The molecule has 0 aliphatic rings. The van der Waals surface area contributed by atoms with Crippen molar-refractivity contribution in [2.75, 3.05) is 0 Å². The van der Waals surface area contributed by atoms with Crippen molar-refractivity contribution in [3.63, 3.8) is 0 Å². The molecule has 0 rings (SSSR count). The molecule has 0 unspecified atom stereocenters. The Labute approximate surface area is 71.0 Å². The summed E-state index contributed by atoms with van der Waals surface area (Å²) in [5.74, 6) is 1.35. The van der Waals surface area contributed by atoms with E-state index in [1.807, 2.05) is 12.2 Å². The van der Waals surface area contributed by atoms with Gasteiger partial charge in [-0.2, -0.15) is 0 Å². The lowest BCUT2D eigenvalue weighted by atomic mass is 9.99. The van der Waals surface area contributed by atoms with Gasteiger partial charge in [0, 0.05) is 0 Å². The molecular weight excluding hydrogens is 132 g/mol. The van der Waals surface area contributed by atoms with E-state index in [-0.39, 0.29) is 0 Å². The molecule has 0 aliphatic carbocycles. The van der Waals surface area contributed by atoms with Gasteiger partial charge in [-0.1, -0.05) is 38.8 Å². The highest BCUT2D eigenvalue weighted by Gasteiger charge is 1.99. The fourth-order valence-electron chi connectivity index (χ4n) is 1.09. The van der Waals surface area contributed by atoms with Crippen LogP contribution in [0, 0.1) is 11.8 Å². The van der Waals surface area contributed by atoms with Gasteiger partial charge in [-0.25, -0.2) is 0 Å². The summed E-state index contributed by atoms with van der Waals surface area (Å²) in [6.07, 6.45) is 7.78. The number of hydrogen-bond donors (Lipinski definition) is 0. The fraction of sp³-hybridized carbons (Fsp3) is 0.636. The van der Waals surface area contributed by atoms with Gasteiger partial charge in [0.15, 0.2) is 0 Å². The second-order valence-electron chi connectivity index (χ2n) is 3.46. The number of allylic oxidation sites excluding steroid dienone is 2. The zero-order chi connectivity index (χ0) is 8.69. The Balaban J connectivity index is 3.35. The maximum absolute atomic E-state index is 3.76. The van der Waals surface area contributed by atoms with Gasteiger partial charge < -0.3 is 0 Å². The monoisotopic (exact) mass is 152 g/mol. The summed E-state index contributed by atoms with van der Waals surface area (Å²) >= 11 is 0. The lowest BCUT2D eigenvalue weighted by molar-refractivity contribution is 0.517. The van der Waals surface area contributed by atoms with Crippen molar-refractivity contribution in [1.29, 1.82) is 0 Å². The second kappa shape index (κ2) is 6.21. The van der Waals surface area contributed by atoms with Crippen molar-refractivity contribution < 1.29 is 0 Å². The summed E-state index contributed by atoms with van der Waals surface area (Å²) in [6.45, 7) is 12.0. The molecule has 0 saturated heterocycles. The van der Waals surface area contributed by atoms with E-state index >= 15 is 0 Å². The zero-order valence-electron chi connectivity index (χ0n) is 7.84. The van der Waals surface area contributed by atoms with Crippen LogP contribution in [0.2, 0.25) is 0 Å². The Morgan fingerprint density at radius 1 is 1.09 bits per heavy atom. The van der Waals surface area contributed by atoms with Crippen LogP contribution in [-0.2, 0) is 0 Å². The summed E-state index contributed by atoms with van der Waals surface area (Å²) in [4.78, 5) is 0. The zero-order valence-corrected chi connectivity index (χ0v) is 7.84. The van der Waals surface area contributed by atoms with Crippen LogP contribution in [0.3, 0.4) is 0 Å². The first-order chi connectivity index (χ1) is 5.20. The Morgan fingerprint density at radius 3 is 2.00 bits per heavy atom. The Kier molecular flexibility index (Phi) is 5.91. The normalized spacial score (nSPS) is 10.5. The van der Waals surface area contributed by atoms with E-state index in [9.17, 15) is 0 Å². The lowest BCUT2D eigenvalue weighted by Gasteiger charge is -2.07. The van der Waals surface area contributed by atoms with E-state index in [0.717, 1.165) is 5.92 Å². The maximum Gasteiger partial charge on any atom is -0.00589 e. The van der Waals surface area contributed by atoms with Crippen molar-refractivity contribution >= 4 is 0 Å². The molecule has 0 amide bonds. The van der Waals surface area contributed by atoms with E-state index in [2.05, 4.69) is 27.0 Å². The summed E-state index contributed by atoms with van der Waals surface area (Å²) in [6, 6.07) is 0. The van der Waals surface area contributed by atoms with Crippen LogP contribution in [0.25, 0.3) is 0 Å². The van der Waals surface area contributed by atoms with Gasteiger partial charge in [0.05, 0.1) is 0 Å². The summed E-state index contributed by atoms with van der Waals surface area (Å²) in [5, 5.41) is 0. The molecule has 0 bridgehead atoms. The summed E-state index contributed by atoms with van der Waals surface area (Å²) < 4.78 is 0. The molecular formula is C11H20. The van der Waals surface area contributed by atoms with Crippen LogP contribution in [0.5, 0.6) is 0 Å². The third-order valence-electron chi connectivity index (χ3n) is 1.92. The molecule has 0 radical (unpaired) electrons. The molecule has 0 nitrogen and oxygen atoms in total. The minimum absolute atomic E-state index is 0.522. The topological polar surface area (TPSA) is 0 Å². The van der Waals surface area contributed by atoms with Crippen LogP contribution >= 0.6 is 0 Å². The Morgan fingerprint density at radius 2 is 1.64 bits per heavy atom. The SMILES string of the molecule is C=CC(C=C)CCCC(C)C. The molecule has 0 heterocycles. The second-order valence-corrected chi connectivity index (χ2v) is 3.46. The predicted molar refractivity (Wildman–Crippen MR) is 52.6 cm³/mol. The number of hydrogen-bond acceptors (Lipinski definition) is 0. The standard InChI is InChI=1S/C11H20/c1-5-11(6-2)9-7-8-10(3)4/h5-6,10-11H,1-2,7-9H2,3-4H3. The average molecular weight is 152 g/mol. The largest absolute Gasteiger partial charge is 0.102 e. The van der Waals surface area contributed by atoms with E-state index in [1.54, 1.807) is 0 Å². The summed E-state index contributed by atoms with van der Waals surface area (Å²) in [5.41, 5.74) is 0. The molecule has 0 fully saturated rings. The highest BCUT2D eigenvalue weighted by atomic mass is 14.0. The van der Waals surface area contributed by atoms with Crippen molar-refractivity contribution in [2.45, 2.75) is 33.1 Å². The first-order valence-corrected chi connectivity index (χ1v) is 4.45. The maximum atomic E-state index is 3.76. The Hall–Kier alpha value is -0.520. The van der Waals surface area contributed by atoms with E-state index in [1.165, 1.54) is 19.3 Å². The predicted octanol–water partition coefficient (Wildman–Crippen LogP) is 3.80. The lowest BCUT2D eigenvalue weighted by Crippen LogP contribution is -1.93. The van der Waals surface area contributed by atoms with Crippen molar-refractivity contribution in [1.82, 2.24) is 0 Å². The first-order valence-electron chi connectivity index (χ1n) is 4.45. The van der Waals surface area contributed by atoms with Gasteiger partial charge in [0.2, 0.25) is 0 Å². The molecule has 0 aromatic rings. The van der Waals surface area contributed by atoms with Crippen LogP contribution in [-0.4, -0.2) is 0 Å². The van der Waals surface area contributed by atoms with Gasteiger partial charge in [0.1, 0.15) is 0 Å². The van der Waals surface area contributed by atoms with E-state index in [0.29, 0.717) is 5.92 Å². The molecule has 0 spiro atoms. The molecule has 11 heavy (non-hydrogen) atoms. The van der Waals surface area contributed by atoms with Gasteiger partial charge in [-0.3, -0.25) is 0 Å². The summed E-state index contributed by atoms with van der Waals surface area (Å²) in [7, 11) is 0. The van der Waals surface area contributed by atoms with Gasteiger partial charge in [-0.15, -0.1) is 13.2 Å². The van der Waals surface area contributed by atoms with Crippen LogP contribution in [0.1, 0.15) is 33.1 Å². The van der Waals surface area contributed by atoms with Crippen molar-refractivity contribution in [2.24, 2.45) is 11.8 Å². The molecule has 0 heteroatoms. The third kappa shape index (κ3) is 5.90. The number of rotatable bonds is 6. The van der Waals surface area contributed by atoms with E-state index in [4.69, 9.17) is 0 Å². The van der Waals surface area contributed by atoms with Crippen LogP contribution in [0.4, 0.5) is 0 Å². The van der Waals surface area contributed by atoms with Gasteiger partial charge in [0.25, 0.3) is 0 Å². The highest BCUT2D eigenvalue weighted by molar-refractivity contribution is 4.91. The van der Waals surface area contributed by atoms with Gasteiger partial charge in [-0.05, 0) is 18.3 Å². The van der Waals surface area contributed by atoms with Crippen molar-refractivity contribution in [3.05, 3.63) is 25.3 Å². The first kappa shape index (κ1) is 10.5. The van der Waals surface area contributed by atoms with Crippen LogP contribution < -0.4 is 0 Å².